The van der Waals surface area contributed by atoms with Crippen LogP contribution in [0.3, 0.4) is 0 Å². The summed E-state index contributed by atoms with van der Waals surface area (Å²) in [7, 11) is 0. The Balaban J connectivity index is 2.04. The summed E-state index contributed by atoms with van der Waals surface area (Å²) in [6.07, 6.45) is 2.90. The highest BCUT2D eigenvalue weighted by molar-refractivity contribution is 5.02. The molecule has 1 saturated heterocycles. The lowest BCUT2D eigenvalue weighted by molar-refractivity contribution is 0.382. The average molecular weight is 111 g/mol. The summed E-state index contributed by atoms with van der Waals surface area (Å²) in [5, 5.41) is 3.40. The second-order valence-corrected chi connectivity index (χ2v) is 3.51. The van der Waals surface area contributed by atoms with Gasteiger partial charge in [-0.15, -0.1) is 0 Å². The van der Waals surface area contributed by atoms with Crippen LogP contribution in [0.25, 0.3) is 0 Å². The fourth-order valence-corrected chi connectivity index (χ4v) is 1.78. The standard InChI is InChI=1S/C7H13N/c1-7-2-3-8-5-6(7)4-7/h6,8H,2-5H2,1H3/t6-,7-/m0/s1. The molecule has 8 heavy (non-hydrogen) atoms. The van der Waals surface area contributed by atoms with E-state index in [1.54, 1.807) is 0 Å². The van der Waals surface area contributed by atoms with Crippen molar-refractivity contribution >= 4 is 0 Å². The van der Waals surface area contributed by atoms with E-state index in [-0.39, 0.29) is 0 Å². The molecule has 2 aliphatic rings. The number of nitrogens with one attached hydrogen (secondary N) is 1. The van der Waals surface area contributed by atoms with Crippen molar-refractivity contribution in [1.82, 2.24) is 5.32 Å². The topological polar surface area (TPSA) is 12.0 Å². The molecule has 0 unspecified atom stereocenters. The fourth-order valence-electron chi connectivity index (χ4n) is 1.78. The summed E-state index contributed by atoms with van der Waals surface area (Å²) in [5.41, 5.74) is 0.783. The third kappa shape index (κ3) is 0.510. The summed E-state index contributed by atoms with van der Waals surface area (Å²) in [6, 6.07) is 0. The molecule has 0 aromatic carbocycles. The van der Waals surface area contributed by atoms with Crippen LogP contribution in [0.1, 0.15) is 19.8 Å². The first-order chi connectivity index (χ1) is 3.81. The van der Waals surface area contributed by atoms with Crippen LogP contribution in [0.4, 0.5) is 0 Å². The van der Waals surface area contributed by atoms with Crippen LogP contribution in [-0.2, 0) is 0 Å². The van der Waals surface area contributed by atoms with Crippen molar-refractivity contribution in [3.8, 4) is 0 Å². The third-order valence-corrected chi connectivity index (χ3v) is 2.80. The SMILES string of the molecule is C[C@@]12CCNC[C@@H]1C2. The van der Waals surface area contributed by atoms with Gasteiger partial charge < -0.3 is 5.32 Å². The molecule has 2 fully saturated rings. The molecular weight excluding hydrogens is 98.1 g/mol. The van der Waals surface area contributed by atoms with Crippen LogP contribution in [0.2, 0.25) is 0 Å². The fraction of sp³-hybridized carbons (Fsp3) is 1.00. The highest BCUT2D eigenvalue weighted by Crippen LogP contribution is 2.55. The number of hydrogen-bond donors (Lipinski definition) is 1. The largest absolute Gasteiger partial charge is 0.316 e. The maximum Gasteiger partial charge on any atom is -0.00151 e. The number of rotatable bonds is 0. The van der Waals surface area contributed by atoms with Gasteiger partial charge in [-0.05, 0) is 37.3 Å². The Hall–Kier alpha value is -0.0400. The van der Waals surface area contributed by atoms with Crippen LogP contribution in [0.5, 0.6) is 0 Å². The quantitative estimate of drug-likeness (QED) is 0.492. The van der Waals surface area contributed by atoms with E-state index in [4.69, 9.17) is 0 Å². The lowest BCUT2D eigenvalue weighted by Gasteiger charge is -2.17. The lowest BCUT2D eigenvalue weighted by atomic mass is 9.99. The van der Waals surface area contributed by atoms with E-state index in [2.05, 4.69) is 12.2 Å². The number of hydrogen-bond acceptors (Lipinski definition) is 1. The van der Waals surface area contributed by atoms with Gasteiger partial charge in [-0.25, -0.2) is 0 Å². The Bertz CT molecular complexity index is 109. The molecule has 1 heteroatoms. The first kappa shape index (κ1) is 4.80. The van der Waals surface area contributed by atoms with E-state index in [1.807, 2.05) is 0 Å². The average Bonchev–Trinajstić information content (AvgIpc) is 2.39. The first-order valence-corrected chi connectivity index (χ1v) is 3.52. The molecule has 1 aliphatic heterocycles. The van der Waals surface area contributed by atoms with Gasteiger partial charge in [-0.3, -0.25) is 0 Å². The van der Waals surface area contributed by atoms with E-state index >= 15 is 0 Å². The summed E-state index contributed by atoms with van der Waals surface area (Å²) in [4.78, 5) is 0. The Morgan fingerprint density at radius 3 is 3.00 bits per heavy atom. The van der Waals surface area contributed by atoms with Crippen LogP contribution in [0.15, 0.2) is 0 Å². The van der Waals surface area contributed by atoms with Crippen LogP contribution < -0.4 is 5.32 Å². The van der Waals surface area contributed by atoms with Crippen molar-refractivity contribution in [3.05, 3.63) is 0 Å². The number of fused-ring (bicyclic) bond motifs is 1. The summed E-state index contributed by atoms with van der Waals surface area (Å²) >= 11 is 0. The van der Waals surface area contributed by atoms with Crippen LogP contribution in [0, 0.1) is 11.3 Å². The van der Waals surface area contributed by atoms with Gasteiger partial charge >= 0.3 is 0 Å². The molecule has 0 spiro atoms. The van der Waals surface area contributed by atoms with Gasteiger partial charge in [0, 0.05) is 0 Å². The van der Waals surface area contributed by atoms with E-state index in [9.17, 15) is 0 Å². The van der Waals surface area contributed by atoms with Crippen LogP contribution in [-0.4, -0.2) is 13.1 Å². The molecule has 0 amide bonds. The maximum absolute atomic E-state index is 3.40. The molecule has 46 valence electrons. The zero-order valence-electron chi connectivity index (χ0n) is 5.41. The predicted molar refractivity (Wildman–Crippen MR) is 33.7 cm³/mol. The molecular formula is C7H13N. The molecule has 0 radical (unpaired) electrons. The summed E-state index contributed by atoms with van der Waals surface area (Å²) in [5.74, 6) is 1.04. The molecule has 0 aromatic heterocycles. The number of piperidine rings is 1. The van der Waals surface area contributed by atoms with Crippen LogP contribution >= 0.6 is 0 Å². The molecule has 2 rings (SSSR count). The Kier molecular flexibility index (Phi) is 0.762. The van der Waals surface area contributed by atoms with Crippen molar-refractivity contribution in [2.45, 2.75) is 19.8 Å². The molecule has 1 saturated carbocycles. The molecule has 1 heterocycles. The van der Waals surface area contributed by atoms with E-state index in [0.29, 0.717) is 0 Å². The van der Waals surface area contributed by atoms with E-state index in [0.717, 1.165) is 11.3 Å². The highest BCUT2D eigenvalue weighted by Gasteiger charge is 2.50. The minimum Gasteiger partial charge on any atom is -0.316 e. The van der Waals surface area contributed by atoms with Gasteiger partial charge in [0.25, 0.3) is 0 Å². The van der Waals surface area contributed by atoms with Gasteiger partial charge in [-0.2, -0.15) is 0 Å². The Morgan fingerprint density at radius 1 is 1.62 bits per heavy atom. The minimum absolute atomic E-state index is 0.783. The summed E-state index contributed by atoms with van der Waals surface area (Å²) in [6.45, 7) is 4.96. The lowest BCUT2D eigenvalue weighted by Crippen LogP contribution is -2.27. The molecule has 1 N–H and O–H groups in total. The summed E-state index contributed by atoms with van der Waals surface area (Å²) < 4.78 is 0. The molecule has 1 nitrogen and oxygen atoms in total. The van der Waals surface area contributed by atoms with Gasteiger partial charge in [0.2, 0.25) is 0 Å². The predicted octanol–water partition coefficient (Wildman–Crippen LogP) is 1.01. The van der Waals surface area contributed by atoms with E-state index < -0.39 is 0 Å². The normalized spacial score (nSPS) is 52.9. The second kappa shape index (κ2) is 1.27. The zero-order chi connectivity index (χ0) is 5.61. The van der Waals surface area contributed by atoms with Crippen molar-refractivity contribution in [2.24, 2.45) is 11.3 Å². The minimum atomic E-state index is 0.783. The zero-order valence-corrected chi connectivity index (χ0v) is 5.41. The van der Waals surface area contributed by atoms with Crippen molar-refractivity contribution < 1.29 is 0 Å². The van der Waals surface area contributed by atoms with Gasteiger partial charge in [-0.1, -0.05) is 6.92 Å². The molecule has 2 atom stereocenters. The highest BCUT2D eigenvalue weighted by atomic mass is 14.9. The van der Waals surface area contributed by atoms with Crippen molar-refractivity contribution in [3.63, 3.8) is 0 Å². The molecule has 0 aromatic rings. The van der Waals surface area contributed by atoms with Gasteiger partial charge in [0.1, 0.15) is 0 Å². The Morgan fingerprint density at radius 2 is 2.50 bits per heavy atom. The molecule has 1 aliphatic carbocycles. The van der Waals surface area contributed by atoms with Gasteiger partial charge in [0.05, 0.1) is 0 Å². The van der Waals surface area contributed by atoms with E-state index in [1.165, 1.54) is 25.9 Å². The second-order valence-electron chi connectivity index (χ2n) is 3.51. The van der Waals surface area contributed by atoms with Crippen molar-refractivity contribution in [1.29, 1.82) is 0 Å². The first-order valence-electron chi connectivity index (χ1n) is 3.52. The van der Waals surface area contributed by atoms with Crippen molar-refractivity contribution in [2.75, 3.05) is 13.1 Å². The molecule has 0 bridgehead atoms. The smallest absolute Gasteiger partial charge is 0.00151 e. The Labute approximate surface area is 50.5 Å². The maximum atomic E-state index is 3.40. The van der Waals surface area contributed by atoms with Gasteiger partial charge in [0.15, 0.2) is 0 Å². The third-order valence-electron chi connectivity index (χ3n) is 2.80. The monoisotopic (exact) mass is 111 g/mol.